The lowest BCUT2D eigenvalue weighted by Crippen LogP contribution is -2.30. The van der Waals surface area contributed by atoms with Gasteiger partial charge in [0.1, 0.15) is 0 Å². The summed E-state index contributed by atoms with van der Waals surface area (Å²) in [5.74, 6) is -0.195. The Morgan fingerprint density at radius 1 is 1.43 bits per heavy atom. The van der Waals surface area contributed by atoms with Crippen molar-refractivity contribution in [3.63, 3.8) is 0 Å². The lowest BCUT2D eigenvalue weighted by molar-refractivity contribution is 0.0758. The predicted molar refractivity (Wildman–Crippen MR) is 74.5 cm³/mol. The van der Waals surface area contributed by atoms with Gasteiger partial charge in [-0.15, -0.1) is 0 Å². The summed E-state index contributed by atoms with van der Waals surface area (Å²) < 4.78 is 0. The summed E-state index contributed by atoms with van der Waals surface area (Å²) >= 11 is 0. The molecule has 0 bridgehead atoms. The average Bonchev–Trinajstić information content (AvgIpc) is 3.06. The second-order valence-electron chi connectivity index (χ2n) is 5.32. The number of aryl methyl sites for hydroxylation is 1. The van der Waals surface area contributed by atoms with Crippen LogP contribution in [0, 0.1) is 12.8 Å². The highest BCUT2D eigenvalue weighted by molar-refractivity contribution is 5.93. The number of β-amino-alcohol motifs (C(OH)–C–C–N with tert-alkyl or cyclic N) is 1. The molecule has 7 heteroatoms. The Bertz CT molecular complexity index is 627. The molecular weight excluding hydrogens is 270 g/mol. The molecule has 1 aliphatic rings. The van der Waals surface area contributed by atoms with Gasteiger partial charge in [0.15, 0.2) is 5.69 Å². The minimum atomic E-state index is -0.539. The van der Waals surface area contributed by atoms with E-state index in [0.717, 1.165) is 5.69 Å². The van der Waals surface area contributed by atoms with Crippen LogP contribution >= 0.6 is 0 Å². The minimum absolute atomic E-state index is 0.00365. The number of aliphatic hydroxyl groups excluding tert-OH is 1. The number of hydrogen-bond acceptors (Lipinski definition) is 5. The van der Waals surface area contributed by atoms with E-state index in [-0.39, 0.29) is 11.8 Å². The van der Waals surface area contributed by atoms with Crippen molar-refractivity contribution in [3.05, 3.63) is 41.5 Å². The maximum absolute atomic E-state index is 12.3. The molecule has 110 valence electrons. The molecule has 0 aromatic carbocycles. The second-order valence-corrected chi connectivity index (χ2v) is 5.32. The summed E-state index contributed by atoms with van der Waals surface area (Å²) in [6.45, 7) is 2.56. The fourth-order valence-electron chi connectivity index (χ4n) is 2.64. The maximum atomic E-state index is 12.3. The Kier molecular flexibility index (Phi) is 3.66. The molecule has 2 atom stereocenters. The van der Waals surface area contributed by atoms with Gasteiger partial charge in [-0.1, -0.05) is 6.07 Å². The molecule has 3 rings (SSSR count). The molecule has 1 amide bonds. The zero-order valence-corrected chi connectivity index (χ0v) is 11.7. The summed E-state index contributed by atoms with van der Waals surface area (Å²) in [4.78, 5) is 18.2. The van der Waals surface area contributed by atoms with E-state index in [1.54, 1.807) is 18.0 Å². The first-order valence-corrected chi connectivity index (χ1v) is 6.89. The molecule has 21 heavy (non-hydrogen) atoms. The van der Waals surface area contributed by atoms with Crippen LogP contribution < -0.4 is 0 Å². The van der Waals surface area contributed by atoms with Crippen molar-refractivity contribution in [2.75, 3.05) is 13.1 Å². The monoisotopic (exact) mass is 287 g/mol. The van der Waals surface area contributed by atoms with Gasteiger partial charge < -0.3 is 10.0 Å². The third kappa shape index (κ3) is 2.78. The van der Waals surface area contributed by atoms with E-state index in [1.165, 1.54) is 0 Å². The van der Waals surface area contributed by atoms with Gasteiger partial charge in [-0.25, -0.2) is 0 Å². The van der Waals surface area contributed by atoms with Crippen molar-refractivity contribution in [1.82, 2.24) is 25.3 Å². The van der Waals surface area contributed by atoms with Gasteiger partial charge in [-0.3, -0.25) is 9.78 Å². The van der Waals surface area contributed by atoms with Gasteiger partial charge in [-0.2, -0.15) is 15.4 Å². The van der Waals surface area contributed by atoms with Gasteiger partial charge >= 0.3 is 0 Å². The topological polar surface area (TPSA) is 95.0 Å². The normalized spacial score (nSPS) is 21.7. The van der Waals surface area contributed by atoms with Gasteiger partial charge in [0.2, 0.25) is 0 Å². The molecule has 2 aromatic heterocycles. The number of carbonyl (C=O) groups is 1. The van der Waals surface area contributed by atoms with E-state index in [2.05, 4.69) is 20.4 Å². The zero-order chi connectivity index (χ0) is 14.8. The second kappa shape index (κ2) is 5.61. The lowest BCUT2D eigenvalue weighted by atomic mass is 10.00. The van der Waals surface area contributed by atoms with Crippen LogP contribution in [0.4, 0.5) is 0 Å². The zero-order valence-electron chi connectivity index (χ0n) is 11.7. The fourth-order valence-corrected chi connectivity index (χ4v) is 2.64. The van der Waals surface area contributed by atoms with E-state index >= 15 is 0 Å². The molecule has 0 spiro atoms. The number of amides is 1. The summed E-state index contributed by atoms with van der Waals surface area (Å²) in [7, 11) is 0. The first-order chi connectivity index (χ1) is 10.1. The third-order valence-electron chi connectivity index (χ3n) is 3.82. The smallest absolute Gasteiger partial charge is 0.276 e. The van der Waals surface area contributed by atoms with E-state index in [4.69, 9.17) is 0 Å². The van der Waals surface area contributed by atoms with E-state index < -0.39 is 6.10 Å². The highest BCUT2D eigenvalue weighted by Crippen LogP contribution is 2.22. The van der Waals surface area contributed by atoms with Gasteiger partial charge in [0, 0.05) is 30.9 Å². The fraction of sp³-hybridized carbons (Fsp3) is 0.429. The highest BCUT2D eigenvalue weighted by atomic mass is 16.3. The summed E-state index contributed by atoms with van der Waals surface area (Å²) in [6.07, 6.45) is 1.85. The number of rotatable bonds is 3. The van der Waals surface area contributed by atoms with Crippen molar-refractivity contribution in [2.45, 2.75) is 19.4 Å². The first kappa shape index (κ1) is 13.7. The number of nitrogens with one attached hydrogen (secondary N) is 1. The predicted octanol–water partition coefficient (Wildman–Crippen LogP) is 0.184. The first-order valence-electron chi connectivity index (χ1n) is 6.89. The number of carbonyl (C=O) groups excluding carboxylic acids is 1. The quantitative estimate of drug-likeness (QED) is 0.840. The van der Waals surface area contributed by atoms with Crippen molar-refractivity contribution in [2.24, 2.45) is 5.92 Å². The summed E-state index contributed by atoms with van der Waals surface area (Å²) in [5.41, 5.74) is 1.82. The molecule has 2 aromatic rings. The number of nitrogens with zero attached hydrogens (tertiary/aromatic N) is 4. The van der Waals surface area contributed by atoms with Crippen LogP contribution in [0.25, 0.3) is 0 Å². The molecule has 0 unspecified atom stereocenters. The van der Waals surface area contributed by atoms with Crippen LogP contribution in [0.15, 0.2) is 24.4 Å². The summed E-state index contributed by atoms with van der Waals surface area (Å²) in [5, 5.41) is 20.3. The number of aromatic nitrogens is 4. The van der Waals surface area contributed by atoms with Crippen LogP contribution in [0.3, 0.4) is 0 Å². The van der Waals surface area contributed by atoms with Crippen LogP contribution in [-0.4, -0.2) is 55.5 Å². The number of aliphatic hydroxyl groups is 1. The van der Waals surface area contributed by atoms with Crippen molar-refractivity contribution in [1.29, 1.82) is 0 Å². The number of hydrogen-bond donors (Lipinski definition) is 2. The average molecular weight is 287 g/mol. The molecule has 2 N–H and O–H groups in total. The van der Waals surface area contributed by atoms with Crippen LogP contribution in [0.2, 0.25) is 0 Å². The van der Waals surface area contributed by atoms with Crippen molar-refractivity contribution in [3.8, 4) is 0 Å². The molecule has 0 aliphatic carbocycles. The molecule has 7 nitrogen and oxygen atoms in total. The summed E-state index contributed by atoms with van der Waals surface area (Å²) in [6, 6.07) is 5.71. The Morgan fingerprint density at radius 2 is 2.29 bits per heavy atom. The van der Waals surface area contributed by atoms with Crippen molar-refractivity contribution < 1.29 is 9.90 Å². The Hall–Kier alpha value is -2.28. The standard InChI is InChI=1S/C14H17N5O2/c1-9-13(17-18-16-9)14(21)19-7-10(12(20)8-19)6-11-4-2-3-5-15-11/h2-5,10,12,20H,6-8H2,1H3,(H,16,17,18)/t10-,12+/m0/s1. The third-order valence-corrected chi connectivity index (χ3v) is 3.82. The number of likely N-dealkylation sites (tertiary alicyclic amines) is 1. The van der Waals surface area contributed by atoms with Gasteiger partial charge in [-0.05, 0) is 25.5 Å². The molecule has 0 saturated carbocycles. The number of aromatic amines is 1. The van der Waals surface area contributed by atoms with Gasteiger partial charge in [0.05, 0.1) is 11.8 Å². The maximum Gasteiger partial charge on any atom is 0.276 e. The Labute approximate surface area is 122 Å². The van der Waals surface area contributed by atoms with E-state index in [1.807, 2.05) is 18.2 Å². The molecule has 1 fully saturated rings. The highest BCUT2D eigenvalue weighted by Gasteiger charge is 2.35. The molecule has 1 aliphatic heterocycles. The Morgan fingerprint density at radius 3 is 2.95 bits per heavy atom. The van der Waals surface area contributed by atoms with Crippen LogP contribution in [-0.2, 0) is 6.42 Å². The SMILES string of the molecule is Cc1n[nH]nc1C(=O)N1C[C@H](Cc2ccccn2)[C@H](O)C1. The molecular formula is C14H17N5O2. The van der Waals surface area contributed by atoms with E-state index in [0.29, 0.717) is 30.9 Å². The largest absolute Gasteiger partial charge is 0.391 e. The lowest BCUT2D eigenvalue weighted by Gasteiger charge is -2.14. The van der Waals surface area contributed by atoms with Crippen LogP contribution in [0.1, 0.15) is 21.9 Å². The molecule has 0 radical (unpaired) electrons. The minimum Gasteiger partial charge on any atom is -0.391 e. The van der Waals surface area contributed by atoms with Crippen molar-refractivity contribution >= 4 is 5.91 Å². The van der Waals surface area contributed by atoms with Crippen LogP contribution in [0.5, 0.6) is 0 Å². The number of H-pyrrole nitrogens is 1. The van der Waals surface area contributed by atoms with E-state index in [9.17, 15) is 9.90 Å². The molecule has 1 saturated heterocycles. The molecule has 3 heterocycles. The Balaban J connectivity index is 1.69. The number of pyridine rings is 1. The van der Waals surface area contributed by atoms with Gasteiger partial charge in [0.25, 0.3) is 5.91 Å².